The van der Waals surface area contributed by atoms with Crippen LogP contribution in [0.25, 0.3) is 0 Å². The Hall–Kier alpha value is -3.49. The number of amides is 2. The van der Waals surface area contributed by atoms with Crippen molar-refractivity contribution in [3.8, 4) is 0 Å². The van der Waals surface area contributed by atoms with Gasteiger partial charge in [-0.1, -0.05) is 6.07 Å². The molecule has 27 heavy (non-hydrogen) atoms. The number of nitrogens with one attached hydrogen (secondary N) is 2. The van der Waals surface area contributed by atoms with E-state index in [0.717, 1.165) is 0 Å². The molecule has 0 radical (unpaired) electrons. The maximum absolute atomic E-state index is 12.3. The molecular weight excluding hydrogens is 346 g/mol. The molecule has 0 bridgehead atoms. The summed E-state index contributed by atoms with van der Waals surface area (Å²) in [4.78, 5) is 28.3. The van der Waals surface area contributed by atoms with Crippen molar-refractivity contribution in [1.29, 1.82) is 0 Å². The van der Waals surface area contributed by atoms with E-state index in [9.17, 15) is 9.59 Å². The number of carbonyl (C=O) groups excluding carboxylic acids is 2. The SMILES string of the molecule is C[C@@H](C(=O)Nc1cccc(NC(=O)CCCn2cncn2)c1)n1cccn1. The Bertz CT molecular complexity index is 875. The lowest BCUT2D eigenvalue weighted by molar-refractivity contribution is -0.119. The molecule has 0 aliphatic heterocycles. The topological polar surface area (TPSA) is 107 Å². The quantitative estimate of drug-likeness (QED) is 0.634. The van der Waals surface area contributed by atoms with Crippen LogP contribution in [0, 0.1) is 0 Å². The largest absolute Gasteiger partial charge is 0.326 e. The van der Waals surface area contributed by atoms with Gasteiger partial charge >= 0.3 is 0 Å². The normalized spacial score (nSPS) is 11.7. The Morgan fingerprint density at radius 1 is 1.15 bits per heavy atom. The number of benzene rings is 1. The number of nitrogens with zero attached hydrogens (tertiary/aromatic N) is 5. The van der Waals surface area contributed by atoms with E-state index in [0.29, 0.717) is 30.8 Å². The molecule has 0 aliphatic carbocycles. The zero-order valence-corrected chi connectivity index (χ0v) is 14.9. The van der Waals surface area contributed by atoms with Crippen LogP contribution in [0.4, 0.5) is 11.4 Å². The molecule has 3 rings (SSSR count). The second-order valence-electron chi connectivity index (χ2n) is 6.04. The maximum atomic E-state index is 12.3. The highest BCUT2D eigenvalue weighted by molar-refractivity contribution is 5.95. The van der Waals surface area contributed by atoms with E-state index in [2.05, 4.69) is 25.8 Å². The summed E-state index contributed by atoms with van der Waals surface area (Å²) in [7, 11) is 0. The average Bonchev–Trinajstić information content (AvgIpc) is 3.35. The number of aromatic nitrogens is 5. The van der Waals surface area contributed by atoms with Gasteiger partial charge in [0.05, 0.1) is 0 Å². The molecule has 2 heterocycles. The number of aryl methyl sites for hydroxylation is 1. The fourth-order valence-corrected chi connectivity index (χ4v) is 2.52. The van der Waals surface area contributed by atoms with Crippen molar-refractivity contribution >= 4 is 23.2 Å². The molecule has 9 heteroatoms. The van der Waals surface area contributed by atoms with Crippen molar-refractivity contribution in [2.24, 2.45) is 0 Å². The standard InChI is InChI=1S/C18H21N7O2/c1-14(25-10-4-8-20-25)18(27)23-16-6-2-5-15(11-16)22-17(26)7-3-9-24-13-19-12-21-24/h2,4-6,8,10-14H,3,7,9H2,1H3,(H,22,26)(H,23,27)/t14-/m0/s1. The number of hydrogen-bond donors (Lipinski definition) is 2. The molecule has 2 N–H and O–H groups in total. The van der Waals surface area contributed by atoms with Gasteiger partial charge in [-0.15, -0.1) is 0 Å². The van der Waals surface area contributed by atoms with E-state index in [4.69, 9.17) is 0 Å². The maximum Gasteiger partial charge on any atom is 0.248 e. The molecule has 2 amide bonds. The lowest BCUT2D eigenvalue weighted by Gasteiger charge is -2.13. The third-order valence-corrected chi connectivity index (χ3v) is 3.97. The van der Waals surface area contributed by atoms with Gasteiger partial charge < -0.3 is 10.6 Å². The molecule has 2 aromatic heterocycles. The van der Waals surface area contributed by atoms with Crippen molar-refractivity contribution < 1.29 is 9.59 Å². The molecule has 0 spiro atoms. The average molecular weight is 367 g/mol. The van der Waals surface area contributed by atoms with Crippen LogP contribution < -0.4 is 10.6 Å². The van der Waals surface area contributed by atoms with Gasteiger partial charge in [0, 0.05) is 36.7 Å². The van der Waals surface area contributed by atoms with Crippen LogP contribution in [0.15, 0.2) is 55.4 Å². The van der Waals surface area contributed by atoms with Gasteiger partial charge in [0.25, 0.3) is 0 Å². The van der Waals surface area contributed by atoms with Crippen molar-refractivity contribution in [2.45, 2.75) is 32.4 Å². The van der Waals surface area contributed by atoms with Gasteiger partial charge in [0.2, 0.25) is 11.8 Å². The van der Waals surface area contributed by atoms with Crippen LogP contribution in [0.1, 0.15) is 25.8 Å². The molecule has 0 aliphatic rings. The third-order valence-electron chi connectivity index (χ3n) is 3.97. The van der Waals surface area contributed by atoms with Crippen LogP contribution in [0.2, 0.25) is 0 Å². The van der Waals surface area contributed by atoms with Crippen LogP contribution in [0.5, 0.6) is 0 Å². The zero-order valence-electron chi connectivity index (χ0n) is 14.9. The molecule has 0 saturated carbocycles. The highest BCUT2D eigenvalue weighted by Gasteiger charge is 2.15. The van der Waals surface area contributed by atoms with E-state index < -0.39 is 6.04 Å². The highest BCUT2D eigenvalue weighted by Crippen LogP contribution is 2.17. The van der Waals surface area contributed by atoms with E-state index in [-0.39, 0.29) is 11.8 Å². The summed E-state index contributed by atoms with van der Waals surface area (Å²) in [5.41, 5.74) is 1.24. The van der Waals surface area contributed by atoms with Crippen molar-refractivity contribution in [2.75, 3.05) is 10.6 Å². The number of carbonyl (C=O) groups is 2. The Balaban J connectivity index is 1.50. The summed E-state index contributed by atoms with van der Waals surface area (Å²) in [6, 6.07) is 8.39. The summed E-state index contributed by atoms with van der Waals surface area (Å²) >= 11 is 0. The number of anilines is 2. The van der Waals surface area contributed by atoms with Gasteiger partial charge in [-0.05, 0) is 37.6 Å². The number of hydrogen-bond acceptors (Lipinski definition) is 5. The predicted octanol–water partition coefficient (Wildman–Crippen LogP) is 2.09. The predicted molar refractivity (Wildman–Crippen MR) is 99.9 cm³/mol. The van der Waals surface area contributed by atoms with E-state index >= 15 is 0 Å². The van der Waals surface area contributed by atoms with Crippen LogP contribution in [0.3, 0.4) is 0 Å². The van der Waals surface area contributed by atoms with E-state index in [1.54, 1.807) is 65.3 Å². The second kappa shape index (κ2) is 8.75. The summed E-state index contributed by atoms with van der Waals surface area (Å²) in [6.45, 7) is 2.40. The van der Waals surface area contributed by atoms with Crippen LogP contribution in [-0.2, 0) is 16.1 Å². The molecule has 0 unspecified atom stereocenters. The van der Waals surface area contributed by atoms with Crippen molar-refractivity contribution in [1.82, 2.24) is 24.5 Å². The second-order valence-corrected chi connectivity index (χ2v) is 6.04. The smallest absolute Gasteiger partial charge is 0.248 e. The summed E-state index contributed by atoms with van der Waals surface area (Å²) in [5, 5.41) is 13.7. The van der Waals surface area contributed by atoms with Gasteiger partial charge in [0.1, 0.15) is 18.7 Å². The minimum absolute atomic E-state index is 0.0940. The summed E-state index contributed by atoms with van der Waals surface area (Å²) in [5.74, 6) is -0.279. The van der Waals surface area contributed by atoms with E-state index in [1.165, 1.54) is 6.33 Å². The van der Waals surface area contributed by atoms with Crippen LogP contribution in [-0.4, -0.2) is 36.4 Å². The molecule has 1 atom stereocenters. The fraction of sp³-hybridized carbons (Fsp3) is 0.278. The Labute approximate surface area is 156 Å². The Morgan fingerprint density at radius 3 is 2.67 bits per heavy atom. The molecule has 9 nitrogen and oxygen atoms in total. The highest BCUT2D eigenvalue weighted by atomic mass is 16.2. The zero-order chi connectivity index (χ0) is 19.1. The monoisotopic (exact) mass is 367 g/mol. The van der Waals surface area contributed by atoms with Gasteiger partial charge in [-0.2, -0.15) is 10.2 Å². The molecule has 0 fully saturated rings. The minimum atomic E-state index is -0.435. The van der Waals surface area contributed by atoms with E-state index in [1.807, 2.05) is 0 Å². The molecule has 1 aromatic carbocycles. The molecule has 3 aromatic rings. The third kappa shape index (κ3) is 5.24. The first kappa shape index (κ1) is 18.3. The van der Waals surface area contributed by atoms with Crippen molar-refractivity contribution in [3.05, 3.63) is 55.4 Å². The van der Waals surface area contributed by atoms with Gasteiger partial charge in [0.15, 0.2) is 0 Å². The summed E-state index contributed by atoms with van der Waals surface area (Å²) < 4.78 is 3.26. The first-order valence-electron chi connectivity index (χ1n) is 8.64. The van der Waals surface area contributed by atoms with Crippen LogP contribution >= 0.6 is 0 Å². The number of rotatable bonds is 8. The Morgan fingerprint density at radius 2 is 1.96 bits per heavy atom. The Kier molecular flexibility index (Phi) is 5.93. The first-order valence-corrected chi connectivity index (χ1v) is 8.64. The summed E-state index contributed by atoms with van der Waals surface area (Å²) in [6.07, 6.45) is 7.48. The molecule has 0 saturated heterocycles. The fourth-order valence-electron chi connectivity index (χ4n) is 2.52. The minimum Gasteiger partial charge on any atom is -0.326 e. The lowest BCUT2D eigenvalue weighted by atomic mass is 10.2. The van der Waals surface area contributed by atoms with Crippen molar-refractivity contribution in [3.63, 3.8) is 0 Å². The molecule has 140 valence electrons. The molecular formula is C18H21N7O2. The van der Waals surface area contributed by atoms with Gasteiger partial charge in [-0.3, -0.25) is 19.0 Å². The first-order chi connectivity index (χ1) is 13.1. The lowest BCUT2D eigenvalue weighted by Crippen LogP contribution is -2.24. The van der Waals surface area contributed by atoms with Gasteiger partial charge in [-0.25, -0.2) is 4.98 Å².